The van der Waals surface area contributed by atoms with Crippen molar-refractivity contribution in [1.29, 1.82) is 0 Å². The summed E-state index contributed by atoms with van der Waals surface area (Å²) in [5.41, 5.74) is 0.276. The van der Waals surface area contributed by atoms with Gasteiger partial charge >= 0.3 is 6.18 Å². The van der Waals surface area contributed by atoms with E-state index in [0.717, 1.165) is 6.07 Å². The van der Waals surface area contributed by atoms with Gasteiger partial charge < -0.3 is 10.1 Å². The van der Waals surface area contributed by atoms with E-state index in [1.165, 1.54) is 47.2 Å². The average molecular weight is 516 g/mol. The van der Waals surface area contributed by atoms with E-state index in [1.807, 2.05) is 0 Å². The van der Waals surface area contributed by atoms with Crippen LogP contribution in [0.2, 0.25) is 0 Å². The van der Waals surface area contributed by atoms with Gasteiger partial charge in [-0.25, -0.2) is 18.4 Å². The molecular formula is C24H20F3N5O3S. The predicted octanol–water partition coefficient (Wildman–Crippen LogP) is 4.48. The Kier molecular flexibility index (Phi) is 6.33. The normalized spacial score (nSPS) is 15.2. The molecule has 4 aromatic rings. The van der Waals surface area contributed by atoms with Crippen LogP contribution in [0.25, 0.3) is 22.2 Å². The van der Waals surface area contributed by atoms with Crippen LogP contribution in [0.1, 0.15) is 5.56 Å². The molecule has 0 amide bonds. The number of alkyl halides is 3. The molecule has 1 aliphatic heterocycles. The van der Waals surface area contributed by atoms with Gasteiger partial charge in [0.05, 0.1) is 34.9 Å². The van der Waals surface area contributed by atoms with E-state index in [1.54, 1.807) is 18.2 Å². The summed E-state index contributed by atoms with van der Waals surface area (Å²) in [5.74, 6) is 0.424. The third kappa shape index (κ3) is 4.74. The zero-order chi connectivity index (χ0) is 25.3. The van der Waals surface area contributed by atoms with Crippen LogP contribution in [0, 0.1) is 0 Å². The molecule has 36 heavy (non-hydrogen) atoms. The van der Waals surface area contributed by atoms with Crippen LogP contribution in [-0.2, 0) is 20.9 Å². The summed E-state index contributed by atoms with van der Waals surface area (Å²) in [7, 11) is -3.62. The summed E-state index contributed by atoms with van der Waals surface area (Å²) in [5, 5.41) is 3.70. The molecule has 0 atom stereocenters. The molecule has 3 heterocycles. The number of benzene rings is 2. The largest absolute Gasteiger partial charge is 0.418 e. The van der Waals surface area contributed by atoms with Crippen molar-refractivity contribution in [2.75, 3.05) is 31.6 Å². The molecule has 0 bridgehead atoms. The van der Waals surface area contributed by atoms with Gasteiger partial charge in [0.1, 0.15) is 12.1 Å². The highest BCUT2D eigenvalue weighted by atomic mass is 32.2. The Bertz CT molecular complexity index is 1510. The van der Waals surface area contributed by atoms with Gasteiger partial charge in [-0.05, 0) is 48.5 Å². The molecule has 0 radical (unpaired) electrons. The van der Waals surface area contributed by atoms with E-state index < -0.39 is 21.8 Å². The Labute approximate surface area is 204 Å². The number of ether oxygens (including phenoxy) is 1. The van der Waals surface area contributed by atoms with E-state index in [2.05, 4.69) is 20.3 Å². The predicted molar refractivity (Wildman–Crippen MR) is 127 cm³/mol. The van der Waals surface area contributed by atoms with Gasteiger partial charge in [-0.1, -0.05) is 6.07 Å². The summed E-state index contributed by atoms with van der Waals surface area (Å²) in [6, 6.07) is 13.2. The van der Waals surface area contributed by atoms with E-state index in [4.69, 9.17) is 4.74 Å². The molecule has 1 saturated heterocycles. The highest BCUT2D eigenvalue weighted by Gasteiger charge is 2.34. The second-order valence-corrected chi connectivity index (χ2v) is 9.96. The van der Waals surface area contributed by atoms with Crippen LogP contribution >= 0.6 is 0 Å². The quantitative estimate of drug-likeness (QED) is 0.419. The van der Waals surface area contributed by atoms with E-state index in [-0.39, 0.29) is 16.2 Å². The summed E-state index contributed by atoms with van der Waals surface area (Å²) in [6.45, 7) is 1.33. The molecular weight excluding hydrogens is 495 g/mol. The SMILES string of the molecule is O=S(=O)(c1ccc(Nc2ncnc3cc(-c4ncccc4C(F)(F)F)ccc23)cc1)N1CCOCC1. The lowest BCUT2D eigenvalue weighted by atomic mass is 10.0. The first-order valence-electron chi connectivity index (χ1n) is 11.0. The summed E-state index contributed by atoms with van der Waals surface area (Å²) in [4.78, 5) is 12.6. The van der Waals surface area contributed by atoms with Crippen molar-refractivity contribution in [2.45, 2.75) is 11.1 Å². The molecule has 1 aliphatic rings. The molecule has 5 rings (SSSR count). The number of aromatic nitrogens is 3. The molecule has 186 valence electrons. The van der Waals surface area contributed by atoms with Crippen LogP contribution in [0.5, 0.6) is 0 Å². The lowest BCUT2D eigenvalue weighted by Gasteiger charge is -2.26. The van der Waals surface area contributed by atoms with Crippen molar-refractivity contribution < 1.29 is 26.3 Å². The molecule has 8 nitrogen and oxygen atoms in total. The van der Waals surface area contributed by atoms with Gasteiger partial charge in [0.25, 0.3) is 0 Å². The molecule has 1 fully saturated rings. The van der Waals surface area contributed by atoms with E-state index in [9.17, 15) is 21.6 Å². The van der Waals surface area contributed by atoms with Crippen molar-refractivity contribution in [3.8, 4) is 11.3 Å². The Morgan fingerprint density at radius 2 is 1.69 bits per heavy atom. The van der Waals surface area contributed by atoms with E-state index >= 15 is 0 Å². The fraction of sp³-hybridized carbons (Fsp3) is 0.208. The maximum absolute atomic E-state index is 13.4. The molecule has 0 spiro atoms. The Morgan fingerprint density at radius 1 is 0.944 bits per heavy atom. The van der Waals surface area contributed by atoms with Crippen LogP contribution in [0.3, 0.4) is 0 Å². The minimum Gasteiger partial charge on any atom is -0.379 e. The third-order valence-corrected chi connectivity index (χ3v) is 7.66. The highest BCUT2D eigenvalue weighted by Crippen LogP contribution is 2.37. The molecule has 0 unspecified atom stereocenters. The molecule has 1 N–H and O–H groups in total. The molecule has 0 saturated carbocycles. The van der Waals surface area contributed by atoms with Gasteiger partial charge in [0, 0.05) is 35.9 Å². The summed E-state index contributed by atoms with van der Waals surface area (Å²) < 4.78 is 72.6. The van der Waals surface area contributed by atoms with Gasteiger partial charge in [-0.15, -0.1) is 0 Å². The third-order valence-electron chi connectivity index (χ3n) is 5.75. The maximum atomic E-state index is 13.4. The number of anilines is 2. The molecule has 0 aliphatic carbocycles. The number of sulfonamides is 1. The van der Waals surface area contributed by atoms with Crippen molar-refractivity contribution in [2.24, 2.45) is 0 Å². The minimum atomic E-state index is -4.54. The van der Waals surface area contributed by atoms with Gasteiger partial charge in [0.15, 0.2) is 0 Å². The maximum Gasteiger partial charge on any atom is 0.418 e. The monoisotopic (exact) mass is 515 g/mol. The molecule has 2 aromatic heterocycles. The van der Waals surface area contributed by atoms with Gasteiger partial charge in [-0.2, -0.15) is 17.5 Å². The number of nitrogens with zero attached hydrogens (tertiary/aromatic N) is 4. The fourth-order valence-corrected chi connectivity index (χ4v) is 5.36. The van der Waals surface area contributed by atoms with Crippen molar-refractivity contribution in [3.63, 3.8) is 0 Å². The number of pyridine rings is 1. The highest BCUT2D eigenvalue weighted by molar-refractivity contribution is 7.89. The summed E-state index contributed by atoms with van der Waals surface area (Å²) in [6.07, 6.45) is -1.93. The number of nitrogens with one attached hydrogen (secondary N) is 1. The summed E-state index contributed by atoms with van der Waals surface area (Å²) >= 11 is 0. The number of hydrogen-bond donors (Lipinski definition) is 1. The van der Waals surface area contributed by atoms with Crippen molar-refractivity contribution in [3.05, 3.63) is 72.7 Å². The topological polar surface area (TPSA) is 97.3 Å². The number of morpholine rings is 1. The van der Waals surface area contributed by atoms with Crippen LogP contribution in [0.15, 0.2) is 72.0 Å². The minimum absolute atomic E-state index is 0.169. The fourth-order valence-electron chi connectivity index (χ4n) is 3.95. The van der Waals surface area contributed by atoms with Crippen LogP contribution in [0.4, 0.5) is 24.7 Å². The number of hydrogen-bond acceptors (Lipinski definition) is 7. The smallest absolute Gasteiger partial charge is 0.379 e. The number of halogens is 3. The van der Waals surface area contributed by atoms with Gasteiger partial charge in [-0.3, -0.25) is 4.98 Å². The lowest BCUT2D eigenvalue weighted by molar-refractivity contribution is -0.137. The Hall–Kier alpha value is -3.61. The molecule has 2 aromatic carbocycles. The zero-order valence-electron chi connectivity index (χ0n) is 18.7. The second-order valence-electron chi connectivity index (χ2n) is 8.02. The van der Waals surface area contributed by atoms with Crippen LogP contribution in [-0.4, -0.2) is 54.0 Å². The van der Waals surface area contributed by atoms with Crippen LogP contribution < -0.4 is 5.32 Å². The van der Waals surface area contributed by atoms with Crippen molar-refractivity contribution in [1.82, 2.24) is 19.3 Å². The first-order chi connectivity index (χ1) is 17.2. The first kappa shape index (κ1) is 24.1. The number of rotatable bonds is 5. The average Bonchev–Trinajstić information content (AvgIpc) is 2.89. The zero-order valence-corrected chi connectivity index (χ0v) is 19.6. The Balaban J connectivity index is 1.42. The standard InChI is InChI=1S/C24H20F3N5O3S/c25-24(26,27)20-2-1-9-28-22(20)16-3-8-19-21(14-16)29-15-30-23(19)31-17-4-6-18(7-5-17)36(33,34)32-10-12-35-13-11-32/h1-9,14-15H,10-13H2,(H,29,30,31). The lowest BCUT2D eigenvalue weighted by Crippen LogP contribution is -2.40. The number of fused-ring (bicyclic) bond motifs is 1. The van der Waals surface area contributed by atoms with Gasteiger partial charge in [0.2, 0.25) is 10.0 Å². The molecule has 12 heteroatoms. The Morgan fingerprint density at radius 3 is 2.42 bits per heavy atom. The van der Waals surface area contributed by atoms with E-state index in [0.29, 0.717) is 48.7 Å². The first-order valence-corrected chi connectivity index (χ1v) is 12.4. The second kappa shape index (κ2) is 9.45. The van der Waals surface area contributed by atoms with Crippen molar-refractivity contribution >= 4 is 32.4 Å².